The fourth-order valence-corrected chi connectivity index (χ4v) is 3.21. The van der Waals surface area contributed by atoms with Gasteiger partial charge in [-0.25, -0.2) is 4.68 Å². The Balaban J connectivity index is 1.75. The second kappa shape index (κ2) is 10.1. The lowest BCUT2D eigenvalue weighted by Crippen LogP contribution is -2.09. The molecule has 1 aromatic heterocycles. The minimum absolute atomic E-state index is 0.426. The molecule has 0 aliphatic carbocycles. The zero-order valence-electron chi connectivity index (χ0n) is 17.0. The molecule has 0 spiro atoms. The van der Waals surface area contributed by atoms with Crippen LogP contribution in [0.3, 0.4) is 0 Å². The van der Waals surface area contributed by atoms with Gasteiger partial charge in [-0.05, 0) is 59.5 Å². The van der Waals surface area contributed by atoms with Crippen LogP contribution < -0.4 is 14.8 Å². The average Bonchev–Trinajstić information content (AvgIpc) is 3.15. The molecule has 0 unspecified atom stereocenters. The minimum atomic E-state index is 0.426. The van der Waals surface area contributed by atoms with Crippen molar-refractivity contribution >= 4 is 17.5 Å². The van der Waals surface area contributed by atoms with E-state index in [0.717, 1.165) is 24.1 Å². The molecule has 29 heavy (non-hydrogen) atoms. The van der Waals surface area contributed by atoms with Crippen molar-refractivity contribution in [3.05, 3.63) is 58.1 Å². The predicted octanol–water partition coefficient (Wildman–Crippen LogP) is 4.63. The monoisotopic (exact) mass is 415 g/mol. The number of halogens is 1. The maximum atomic E-state index is 6.54. The van der Waals surface area contributed by atoms with Crippen LogP contribution in [-0.2, 0) is 19.7 Å². The summed E-state index contributed by atoms with van der Waals surface area (Å²) in [5.41, 5.74) is 3.24. The van der Waals surface area contributed by atoms with Gasteiger partial charge in [0.2, 0.25) is 5.95 Å². The Bertz CT molecular complexity index is 945. The molecule has 0 radical (unpaired) electrons. The summed E-state index contributed by atoms with van der Waals surface area (Å²) in [5, 5.41) is 15.5. The summed E-state index contributed by atoms with van der Waals surface area (Å²) in [6.45, 7) is 8.29. The highest BCUT2D eigenvalue weighted by molar-refractivity contribution is 6.32. The number of aromatic nitrogens is 4. The molecule has 0 saturated carbocycles. The van der Waals surface area contributed by atoms with Gasteiger partial charge >= 0.3 is 0 Å². The van der Waals surface area contributed by atoms with E-state index in [1.807, 2.05) is 37.3 Å². The highest BCUT2D eigenvalue weighted by atomic mass is 35.5. The molecule has 0 aliphatic rings. The van der Waals surface area contributed by atoms with Crippen LogP contribution >= 0.6 is 11.6 Å². The molecule has 3 aromatic rings. The SMILES string of the molecule is CCCn1nnnc1NCc1cc(Cl)c(OCc2ccccc2C)c(OCC)c1. The lowest BCUT2D eigenvalue weighted by Gasteiger charge is -2.16. The molecule has 2 aromatic carbocycles. The molecule has 1 heterocycles. The van der Waals surface area contributed by atoms with Gasteiger partial charge in [0.15, 0.2) is 11.5 Å². The molecule has 0 aliphatic heterocycles. The van der Waals surface area contributed by atoms with Gasteiger partial charge < -0.3 is 14.8 Å². The third-order valence-corrected chi connectivity index (χ3v) is 4.70. The van der Waals surface area contributed by atoms with Crippen molar-refractivity contribution in [3.63, 3.8) is 0 Å². The summed E-state index contributed by atoms with van der Waals surface area (Å²) in [4.78, 5) is 0. The number of anilines is 1. The molecule has 0 amide bonds. The summed E-state index contributed by atoms with van der Waals surface area (Å²) < 4.78 is 13.6. The zero-order valence-corrected chi connectivity index (χ0v) is 17.7. The van der Waals surface area contributed by atoms with Crippen LogP contribution in [0.25, 0.3) is 0 Å². The molecular weight excluding hydrogens is 390 g/mol. The third-order valence-electron chi connectivity index (χ3n) is 4.42. The number of nitrogens with one attached hydrogen (secondary N) is 1. The van der Waals surface area contributed by atoms with Crippen LogP contribution in [0.2, 0.25) is 5.02 Å². The van der Waals surface area contributed by atoms with Crippen LogP contribution in [0, 0.1) is 6.92 Å². The number of ether oxygens (including phenoxy) is 2. The van der Waals surface area contributed by atoms with E-state index >= 15 is 0 Å². The van der Waals surface area contributed by atoms with Gasteiger partial charge in [-0.1, -0.05) is 47.9 Å². The highest BCUT2D eigenvalue weighted by Crippen LogP contribution is 2.37. The molecule has 0 bridgehead atoms. The quantitative estimate of drug-likeness (QED) is 0.520. The maximum Gasteiger partial charge on any atom is 0.243 e. The Labute approximate surface area is 176 Å². The zero-order chi connectivity index (χ0) is 20.6. The van der Waals surface area contributed by atoms with Crippen molar-refractivity contribution in [2.45, 2.75) is 46.9 Å². The summed E-state index contributed by atoms with van der Waals surface area (Å²) >= 11 is 6.54. The first-order chi connectivity index (χ1) is 14.1. The van der Waals surface area contributed by atoms with Crippen molar-refractivity contribution in [1.29, 1.82) is 0 Å². The Morgan fingerprint density at radius 3 is 2.72 bits per heavy atom. The van der Waals surface area contributed by atoms with Crippen molar-refractivity contribution in [1.82, 2.24) is 20.2 Å². The van der Waals surface area contributed by atoms with E-state index in [1.165, 1.54) is 5.56 Å². The lowest BCUT2D eigenvalue weighted by molar-refractivity contribution is 0.269. The largest absolute Gasteiger partial charge is 0.490 e. The third kappa shape index (κ3) is 5.38. The normalized spacial score (nSPS) is 10.8. The van der Waals surface area contributed by atoms with E-state index in [0.29, 0.717) is 42.2 Å². The summed E-state index contributed by atoms with van der Waals surface area (Å²) in [5.74, 6) is 1.80. The predicted molar refractivity (Wildman–Crippen MR) is 114 cm³/mol. The van der Waals surface area contributed by atoms with E-state index < -0.39 is 0 Å². The van der Waals surface area contributed by atoms with E-state index in [2.05, 4.69) is 40.8 Å². The molecular formula is C21H26ClN5O2. The van der Waals surface area contributed by atoms with Gasteiger partial charge in [-0.3, -0.25) is 0 Å². The molecule has 0 atom stereocenters. The van der Waals surface area contributed by atoms with Gasteiger partial charge in [0.1, 0.15) is 6.61 Å². The molecule has 154 valence electrons. The maximum absolute atomic E-state index is 6.54. The Kier molecular flexibility index (Phi) is 7.30. The number of tetrazole rings is 1. The van der Waals surface area contributed by atoms with Crippen molar-refractivity contribution in [2.24, 2.45) is 0 Å². The minimum Gasteiger partial charge on any atom is -0.490 e. The molecule has 8 heteroatoms. The Morgan fingerprint density at radius 2 is 1.97 bits per heavy atom. The van der Waals surface area contributed by atoms with Gasteiger partial charge in [0, 0.05) is 13.1 Å². The number of hydrogen-bond acceptors (Lipinski definition) is 6. The van der Waals surface area contributed by atoms with Crippen LogP contribution in [0.5, 0.6) is 11.5 Å². The number of nitrogens with zero attached hydrogens (tertiary/aromatic N) is 4. The lowest BCUT2D eigenvalue weighted by atomic mass is 10.1. The topological polar surface area (TPSA) is 74.1 Å². The van der Waals surface area contributed by atoms with Crippen LogP contribution in [0.15, 0.2) is 36.4 Å². The number of benzene rings is 2. The van der Waals surface area contributed by atoms with E-state index in [1.54, 1.807) is 4.68 Å². The number of aryl methyl sites for hydroxylation is 2. The van der Waals surface area contributed by atoms with E-state index in [9.17, 15) is 0 Å². The van der Waals surface area contributed by atoms with Gasteiger partial charge in [0.25, 0.3) is 0 Å². The smallest absolute Gasteiger partial charge is 0.243 e. The fourth-order valence-electron chi connectivity index (χ4n) is 2.92. The molecule has 7 nitrogen and oxygen atoms in total. The summed E-state index contributed by atoms with van der Waals surface area (Å²) in [7, 11) is 0. The van der Waals surface area contributed by atoms with Gasteiger partial charge in [-0.2, -0.15) is 0 Å². The summed E-state index contributed by atoms with van der Waals surface area (Å²) in [6, 6.07) is 11.9. The number of hydrogen-bond donors (Lipinski definition) is 1. The standard InChI is InChI=1S/C21H26ClN5O2/c1-4-10-27-21(24-25-26-27)23-13-16-11-18(22)20(19(12-16)28-5-2)29-14-17-9-7-6-8-15(17)3/h6-9,11-12H,4-5,10,13-14H2,1-3H3,(H,23,24,26). The Hall–Kier alpha value is -2.80. The van der Waals surface area contributed by atoms with Crippen LogP contribution in [0.4, 0.5) is 5.95 Å². The van der Waals surface area contributed by atoms with Crippen LogP contribution in [-0.4, -0.2) is 26.8 Å². The fraction of sp³-hybridized carbons (Fsp3) is 0.381. The Morgan fingerprint density at radius 1 is 1.14 bits per heavy atom. The molecule has 1 N–H and O–H groups in total. The van der Waals surface area contributed by atoms with E-state index in [-0.39, 0.29) is 0 Å². The summed E-state index contributed by atoms with van der Waals surface area (Å²) in [6.07, 6.45) is 0.951. The first-order valence-electron chi connectivity index (χ1n) is 9.74. The average molecular weight is 416 g/mol. The second-order valence-electron chi connectivity index (χ2n) is 6.63. The molecule has 0 saturated heterocycles. The van der Waals surface area contributed by atoms with Crippen molar-refractivity contribution in [3.8, 4) is 11.5 Å². The highest BCUT2D eigenvalue weighted by Gasteiger charge is 2.14. The van der Waals surface area contributed by atoms with E-state index in [4.69, 9.17) is 21.1 Å². The molecule has 3 rings (SSSR count). The van der Waals surface area contributed by atoms with Crippen molar-refractivity contribution in [2.75, 3.05) is 11.9 Å². The van der Waals surface area contributed by atoms with Gasteiger partial charge in [0.05, 0.1) is 11.6 Å². The van der Waals surface area contributed by atoms with Gasteiger partial charge in [-0.15, -0.1) is 0 Å². The van der Waals surface area contributed by atoms with Crippen molar-refractivity contribution < 1.29 is 9.47 Å². The first-order valence-corrected chi connectivity index (χ1v) is 10.1. The second-order valence-corrected chi connectivity index (χ2v) is 7.04. The molecule has 0 fully saturated rings. The first kappa shape index (κ1) is 20.9. The van der Waals surface area contributed by atoms with Crippen LogP contribution in [0.1, 0.15) is 37.0 Å². The number of rotatable bonds is 10.